The average molecular weight is 321 g/mol. The molecule has 0 aliphatic carbocycles. The predicted octanol–water partition coefficient (Wildman–Crippen LogP) is 2.76. The van der Waals surface area contributed by atoms with E-state index in [2.05, 4.69) is 6.92 Å². The number of aryl methyl sites for hydroxylation is 1. The second-order valence-electron chi connectivity index (χ2n) is 6.25. The lowest BCUT2D eigenvalue weighted by Gasteiger charge is -2.34. The molecule has 1 aromatic carbocycles. The number of likely N-dealkylation sites (tertiary alicyclic amines) is 1. The minimum absolute atomic E-state index is 0.321. The highest BCUT2D eigenvalue weighted by molar-refractivity contribution is 5.77. The number of benzene rings is 1. The van der Waals surface area contributed by atoms with E-state index in [4.69, 9.17) is 4.74 Å². The van der Waals surface area contributed by atoms with Crippen molar-refractivity contribution in [2.75, 3.05) is 19.7 Å². The van der Waals surface area contributed by atoms with Crippen LogP contribution in [0.1, 0.15) is 49.8 Å². The van der Waals surface area contributed by atoms with Crippen LogP contribution in [0.25, 0.3) is 0 Å². The Bertz CT molecular complexity index is 524. The highest BCUT2D eigenvalue weighted by Gasteiger charge is 2.32. The summed E-state index contributed by atoms with van der Waals surface area (Å²) in [5.41, 5.74) is 1.73. The zero-order chi connectivity index (χ0) is 16.8. The molecular weight excluding hydrogens is 294 g/mol. The molecule has 5 nitrogen and oxygen atoms in total. The first kappa shape index (κ1) is 17.8. The molecule has 0 unspecified atom stereocenters. The van der Waals surface area contributed by atoms with Gasteiger partial charge in [-0.25, -0.2) is 0 Å². The number of piperidine rings is 1. The molecule has 1 aliphatic rings. The van der Waals surface area contributed by atoms with Crippen LogP contribution in [0.4, 0.5) is 0 Å². The number of ether oxygens (including phenoxy) is 1. The van der Waals surface area contributed by atoms with Crippen LogP contribution < -0.4 is 4.74 Å². The summed E-state index contributed by atoms with van der Waals surface area (Å²) in [6, 6.07) is 5.00. The molecule has 1 aromatic rings. The molecular formula is C18H27NO4. The molecule has 1 fully saturated rings. The van der Waals surface area contributed by atoms with E-state index in [1.165, 1.54) is 0 Å². The SMILES string of the molecule is CCCCOc1ccc(C)cc1[C@H](C(=O)O)N1CCC(O)CC1. The number of aliphatic hydroxyl groups is 1. The van der Waals surface area contributed by atoms with Gasteiger partial charge in [0, 0.05) is 18.7 Å². The monoisotopic (exact) mass is 321 g/mol. The van der Waals surface area contributed by atoms with Crippen LogP contribution >= 0.6 is 0 Å². The number of nitrogens with zero attached hydrogens (tertiary/aromatic N) is 1. The molecule has 23 heavy (non-hydrogen) atoms. The number of carbonyl (C=O) groups is 1. The first-order valence-corrected chi connectivity index (χ1v) is 8.41. The number of aliphatic carboxylic acids is 1. The van der Waals surface area contributed by atoms with Gasteiger partial charge in [0.15, 0.2) is 0 Å². The van der Waals surface area contributed by atoms with Gasteiger partial charge in [0.1, 0.15) is 11.8 Å². The normalized spacial score (nSPS) is 17.9. The van der Waals surface area contributed by atoms with Crippen LogP contribution in [-0.4, -0.2) is 46.9 Å². The first-order chi connectivity index (χ1) is 11.0. The van der Waals surface area contributed by atoms with Gasteiger partial charge in [-0.1, -0.05) is 31.0 Å². The van der Waals surface area contributed by atoms with Gasteiger partial charge in [0.25, 0.3) is 0 Å². The number of hydrogen-bond donors (Lipinski definition) is 2. The molecule has 2 N–H and O–H groups in total. The fraction of sp³-hybridized carbons (Fsp3) is 0.611. The van der Waals surface area contributed by atoms with E-state index < -0.39 is 12.0 Å². The topological polar surface area (TPSA) is 70.0 Å². The Morgan fingerprint density at radius 3 is 2.70 bits per heavy atom. The van der Waals surface area contributed by atoms with E-state index in [-0.39, 0.29) is 6.10 Å². The van der Waals surface area contributed by atoms with Gasteiger partial charge in [-0.3, -0.25) is 9.69 Å². The van der Waals surface area contributed by atoms with E-state index >= 15 is 0 Å². The quantitative estimate of drug-likeness (QED) is 0.756. The van der Waals surface area contributed by atoms with Gasteiger partial charge >= 0.3 is 5.97 Å². The Morgan fingerprint density at radius 2 is 2.09 bits per heavy atom. The molecule has 2 rings (SSSR count). The number of aliphatic hydroxyl groups excluding tert-OH is 1. The molecule has 0 amide bonds. The molecule has 1 heterocycles. The zero-order valence-corrected chi connectivity index (χ0v) is 14.0. The lowest BCUT2D eigenvalue weighted by molar-refractivity contribution is -0.144. The maximum Gasteiger partial charge on any atom is 0.325 e. The molecule has 0 bridgehead atoms. The Morgan fingerprint density at radius 1 is 1.39 bits per heavy atom. The van der Waals surface area contributed by atoms with Gasteiger partial charge in [-0.2, -0.15) is 0 Å². The Labute approximate surface area is 137 Å². The lowest BCUT2D eigenvalue weighted by Crippen LogP contribution is -2.41. The largest absolute Gasteiger partial charge is 0.493 e. The van der Waals surface area contributed by atoms with E-state index in [1.807, 2.05) is 30.0 Å². The molecule has 0 spiro atoms. The van der Waals surface area contributed by atoms with Crippen molar-refractivity contribution in [1.29, 1.82) is 0 Å². The second-order valence-corrected chi connectivity index (χ2v) is 6.25. The molecule has 1 atom stereocenters. The first-order valence-electron chi connectivity index (χ1n) is 8.41. The van der Waals surface area contributed by atoms with Crippen LogP contribution in [0.5, 0.6) is 5.75 Å². The van der Waals surface area contributed by atoms with Gasteiger partial charge < -0.3 is 14.9 Å². The van der Waals surface area contributed by atoms with Crippen molar-refractivity contribution in [2.45, 2.75) is 51.7 Å². The summed E-state index contributed by atoms with van der Waals surface area (Å²) in [7, 11) is 0. The van der Waals surface area contributed by atoms with Crippen molar-refractivity contribution in [3.8, 4) is 5.75 Å². The van der Waals surface area contributed by atoms with Crippen molar-refractivity contribution in [3.05, 3.63) is 29.3 Å². The van der Waals surface area contributed by atoms with Crippen LogP contribution in [0.15, 0.2) is 18.2 Å². The van der Waals surface area contributed by atoms with Gasteiger partial charge in [-0.05, 0) is 32.3 Å². The maximum atomic E-state index is 11.9. The molecule has 1 aliphatic heterocycles. The molecule has 0 radical (unpaired) electrons. The highest BCUT2D eigenvalue weighted by atomic mass is 16.5. The summed E-state index contributed by atoms with van der Waals surface area (Å²) in [5.74, 6) is -0.213. The van der Waals surface area contributed by atoms with E-state index in [0.29, 0.717) is 43.9 Å². The highest BCUT2D eigenvalue weighted by Crippen LogP contribution is 2.32. The Balaban J connectivity index is 2.26. The van der Waals surface area contributed by atoms with Crippen molar-refractivity contribution in [3.63, 3.8) is 0 Å². The fourth-order valence-electron chi connectivity index (χ4n) is 2.97. The summed E-state index contributed by atoms with van der Waals surface area (Å²) < 4.78 is 5.84. The number of unbranched alkanes of at least 4 members (excludes halogenated alkanes) is 1. The third-order valence-corrected chi connectivity index (χ3v) is 4.31. The molecule has 0 aromatic heterocycles. The smallest absolute Gasteiger partial charge is 0.325 e. The minimum atomic E-state index is -0.868. The third kappa shape index (κ3) is 4.69. The maximum absolute atomic E-state index is 11.9. The zero-order valence-electron chi connectivity index (χ0n) is 14.0. The second kappa shape index (κ2) is 8.31. The average Bonchev–Trinajstić information content (AvgIpc) is 2.51. The number of hydrogen-bond acceptors (Lipinski definition) is 4. The van der Waals surface area contributed by atoms with E-state index in [9.17, 15) is 15.0 Å². The fourth-order valence-corrected chi connectivity index (χ4v) is 2.97. The predicted molar refractivity (Wildman–Crippen MR) is 88.8 cm³/mol. The molecule has 1 saturated heterocycles. The van der Waals surface area contributed by atoms with E-state index in [0.717, 1.165) is 18.4 Å². The van der Waals surface area contributed by atoms with Crippen molar-refractivity contribution in [2.24, 2.45) is 0 Å². The van der Waals surface area contributed by atoms with Crippen molar-refractivity contribution < 1.29 is 19.7 Å². The molecule has 5 heteroatoms. The summed E-state index contributed by atoms with van der Waals surface area (Å²) in [4.78, 5) is 13.8. The summed E-state index contributed by atoms with van der Waals surface area (Å²) in [5, 5.41) is 19.4. The summed E-state index contributed by atoms with van der Waals surface area (Å²) >= 11 is 0. The van der Waals surface area contributed by atoms with Gasteiger partial charge in [-0.15, -0.1) is 0 Å². The van der Waals surface area contributed by atoms with Crippen molar-refractivity contribution >= 4 is 5.97 Å². The number of carboxylic acid groups (broad SMARTS) is 1. The van der Waals surface area contributed by atoms with E-state index in [1.54, 1.807) is 0 Å². The van der Waals surface area contributed by atoms with Gasteiger partial charge in [0.2, 0.25) is 0 Å². The lowest BCUT2D eigenvalue weighted by atomic mass is 9.98. The third-order valence-electron chi connectivity index (χ3n) is 4.31. The van der Waals surface area contributed by atoms with Crippen LogP contribution in [0.2, 0.25) is 0 Å². The summed E-state index contributed by atoms with van der Waals surface area (Å²) in [6.07, 6.45) is 2.89. The number of rotatable bonds is 7. The standard InChI is InChI=1S/C18H27NO4/c1-3-4-11-23-16-6-5-13(2)12-15(16)17(18(21)22)19-9-7-14(20)8-10-19/h5-6,12,14,17,20H,3-4,7-11H2,1-2H3,(H,21,22)/t17-/m1/s1. The van der Waals surface area contributed by atoms with Gasteiger partial charge in [0.05, 0.1) is 12.7 Å². The molecule has 0 saturated carbocycles. The summed E-state index contributed by atoms with van der Waals surface area (Å²) in [6.45, 7) is 5.81. The molecule has 128 valence electrons. The van der Waals surface area contributed by atoms with Crippen molar-refractivity contribution in [1.82, 2.24) is 4.90 Å². The number of carboxylic acids is 1. The van der Waals surface area contributed by atoms with Crippen LogP contribution in [-0.2, 0) is 4.79 Å². The Kier molecular flexibility index (Phi) is 6.42. The minimum Gasteiger partial charge on any atom is -0.493 e. The van der Waals surface area contributed by atoms with Crippen LogP contribution in [0, 0.1) is 6.92 Å². The Hall–Kier alpha value is -1.59. The van der Waals surface area contributed by atoms with Crippen LogP contribution in [0.3, 0.4) is 0 Å².